The van der Waals surface area contributed by atoms with Gasteiger partial charge in [0.2, 0.25) is 0 Å². The van der Waals surface area contributed by atoms with Gasteiger partial charge in [-0.3, -0.25) is 0 Å². The molecule has 0 spiro atoms. The van der Waals surface area contributed by atoms with E-state index >= 15 is 0 Å². The monoisotopic (exact) mass is 514 g/mol. The zero-order chi connectivity index (χ0) is 9.14. The highest BCUT2D eigenvalue weighted by Crippen LogP contribution is 2.23. The van der Waals surface area contributed by atoms with Crippen molar-refractivity contribution < 1.29 is 0 Å². The van der Waals surface area contributed by atoms with Crippen LogP contribution in [-0.2, 0) is 10.7 Å². The highest BCUT2D eigenvalue weighted by molar-refractivity contribution is 14.1. The minimum atomic E-state index is 0.931. The highest BCUT2D eigenvalue weighted by atomic mass is 127. The van der Waals surface area contributed by atoms with Gasteiger partial charge in [0.15, 0.2) is 0 Å². The van der Waals surface area contributed by atoms with E-state index in [2.05, 4.69) is 89.2 Å². The van der Waals surface area contributed by atoms with Gasteiger partial charge in [0.1, 0.15) is 0 Å². The van der Waals surface area contributed by atoms with Gasteiger partial charge in [-0.25, -0.2) is 0 Å². The summed E-state index contributed by atoms with van der Waals surface area (Å²) in [6.45, 7) is 0. The summed E-state index contributed by atoms with van der Waals surface area (Å²) < 4.78 is 2.65. The molecule has 0 heterocycles. The summed E-state index contributed by atoms with van der Waals surface area (Å²) in [6.07, 6.45) is 0. The molecule has 0 aliphatic carbocycles. The molecule has 0 saturated heterocycles. The lowest BCUT2D eigenvalue weighted by atomic mass is 10.1. The lowest BCUT2D eigenvalue weighted by Gasteiger charge is -2.06. The predicted molar refractivity (Wildman–Crippen MR) is 77.1 cm³/mol. The van der Waals surface area contributed by atoms with Crippen LogP contribution < -0.4 is 0 Å². The van der Waals surface area contributed by atoms with Crippen LogP contribution in [0, 0.1) is 7.14 Å². The maximum atomic E-state index is 3.48. The van der Waals surface area contributed by atoms with E-state index in [0.29, 0.717) is 0 Å². The minimum Gasteiger partial charge on any atom is -0.0876 e. The van der Waals surface area contributed by atoms with Gasteiger partial charge in [0.05, 0.1) is 0 Å². The van der Waals surface area contributed by atoms with E-state index in [1.165, 1.54) is 18.3 Å². The molecule has 1 aromatic rings. The number of hydrogen-bond donors (Lipinski definition) is 0. The summed E-state index contributed by atoms with van der Waals surface area (Å²) in [4.78, 5) is 0. The second kappa shape index (κ2) is 5.50. The Morgan fingerprint density at radius 3 is 1.50 bits per heavy atom. The second-order valence-electron chi connectivity index (χ2n) is 2.30. The quantitative estimate of drug-likeness (QED) is 0.396. The third-order valence-corrected chi connectivity index (χ3v) is 5.56. The first kappa shape index (κ1) is 11.7. The molecular weight excluding hydrogens is 510 g/mol. The van der Waals surface area contributed by atoms with Crippen molar-refractivity contribution in [3.63, 3.8) is 0 Å². The Morgan fingerprint density at radius 2 is 1.25 bits per heavy atom. The largest absolute Gasteiger partial charge is 0.0876 e. The molecule has 12 heavy (non-hydrogen) atoms. The molecule has 0 aromatic heterocycles. The fourth-order valence-electron chi connectivity index (χ4n) is 0.878. The Morgan fingerprint density at radius 1 is 0.917 bits per heavy atom. The summed E-state index contributed by atoms with van der Waals surface area (Å²) >= 11 is 11.7. The van der Waals surface area contributed by atoms with Crippen LogP contribution in [0.3, 0.4) is 0 Å². The van der Waals surface area contributed by atoms with Gasteiger partial charge in [-0.05, 0) is 68.4 Å². The lowest BCUT2D eigenvalue weighted by molar-refractivity contribution is 1.28. The van der Waals surface area contributed by atoms with E-state index in [1.54, 1.807) is 0 Å². The predicted octanol–water partition coefficient (Wildman–Crippen LogP) is 4.69. The Hall–Kier alpha value is 1.64. The van der Waals surface area contributed by atoms with Crippen molar-refractivity contribution in [3.8, 4) is 0 Å². The summed E-state index contributed by atoms with van der Waals surface area (Å²) in [5, 5.41) is 1.86. The van der Waals surface area contributed by atoms with Crippen molar-refractivity contribution in [2.45, 2.75) is 10.7 Å². The Labute approximate surface area is 116 Å². The van der Waals surface area contributed by atoms with E-state index in [4.69, 9.17) is 0 Å². The van der Waals surface area contributed by atoms with E-state index in [0.717, 1.165) is 10.7 Å². The average molecular weight is 516 g/mol. The summed E-state index contributed by atoms with van der Waals surface area (Å²) in [6, 6.07) is 4.46. The van der Waals surface area contributed by atoms with Gasteiger partial charge in [0.25, 0.3) is 0 Å². The number of alkyl halides is 2. The molecule has 0 unspecified atom stereocenters. The van der Waals surface area contributed by atoms with Gasteiger partial charge < -0.3 is 0 Å². The van der Waals surface area contributed by atoms with Gasteiger partial charge in [0, 0.05) is 17.8 Å². The van der Waals surface area contributed by atoms with Crippen LogP contribution >= 0.6 is 77.0 Å². The zero-order valence-electron chi connectivity index (χ0n) is 6.08. The molecule has 0 saturated carbocycles. The second-order valence-corrected chi connectivity index (χ2v) is 5.75. The van der Waals surface area contributed by atoms with Crippen molar-refractivity contribution in [3.05, 3.63) is 30.4 Å². The minimum absolute atomic E-state index is 0.931. The summed E-state index contributed by atoms with van der Waals surface area (Å²) in [5.74, 6) is 0. The fraction of sp³-hybridized carbons (Fsp3) is 0.250. The standard InChI is InChI=1S/C8H6Br2I2/c9-3-5-1-7(11)8(12)2-6(5)4-10/h1-2H,3-4H2. The van der Waals surface area contributed by atoms with Crippen molar-refractivity contribution in [1.82, 2.24) is 0 Å². The first-order chi connectivity index (χ1) is 5.69. The summed E-state index contributed by atoms with van der Waals surface area (Å²) in [5.41, 5.74) is 2.74. The number of benzene rings is 1. The molecule has 0 radical (unpaired) electrons. The van der Waals surface area contributed by atoms with Gasteiger partial charge >= 0.3 is 0 Å². The molecule has 0 nitrogen and oxygen atoms in total. The summed E-state index contributed by atoms with van der Waals surface area (Å²) in [7, 11) is 0. The van der Waals surface area contributed by atoms with Gasteiger partial charge in [-0.2, -0.15) is 0 Å². The topological polar surface area (TPSA) is 0 Å². The molecule has 0 atom stereocenters. The molecule has 1 rings (SSSR count). The first-order valence-electron chi connectivity index (χ1n) is 3.27. The molecular formula is C8H6Br2I2. The lowest BCUT2D eigenvalue weighted by Crippen LogP contribution is -1.91. The normalized spacial score (nSPS) is 10.3. The molecule has 0 bridgehead atoms. The Kier molecular flexibility index (Phi) is 5.37. The molecule has 4 heteroatoms. The molecule has 0 fully saturated rings. The van der Waals surface area contributed by atoms with Crippen LogP contribution in [0.1, 0.15) is 11.1 Å². The third kappa shape index (κ3) is 2.81. The molecule has 66 valence electrons. The van der Waals surface area contributed by atoms with Crippen molar-refractivity contribution >= 4 is 77.0 Å². The SMILES string of the molecule is BrCc1cc(I)c(I)cc1CBr. The smallest absolute Gasteiger partial charge is 0.0286 e. The fourth-order valence-corrected chi connectivity index (χ4v) is 2.99. The van der Waals surface area contributed by atoms with Gasteiger partial charge in [-0.15, -0.1) is 0 Å². The number of halogens is 4. The van der Waals surface area contributed by atoms with Crippen LogP contribution in [-0.4, -0.2) is 0 Å². The van der Waals surface area contributed by atoms with Crippen LogP contribution in [0.2, 0.25) is 0 Å². The maximum Gasteiger partial charge on any atom is 0.0286 e. The zero-order valence-corrected chi connectivity index (χ0v) is 13.6. The van der Waals surface area contributed by atoms with E-state index in [9.17, 15) is 0 Å². The van der Waals surface area contributed by atoms with E-state index in [1.807, 2.05) is 0 Å². The number of rotatable bonds is 2. The first-order valence-corrected chi connectivity index (χ1v) is 7.67. The van der Waals surface area contributed by atoms with Crippen LogP contribution in [0.25, 0.3) is 0 Å². The highest BCUT2D eigenvalue weighted by Gasteiger charge is 2.04. The maximum absolute atomic E-state index is 3.48. The van der Waals surface area contributed by atoms with Crippen LogP contribution in [0.15, 0.2) is 12.1 Å². The van der Waals surface area contributed by atoms with E-state index < -0.39 is 0 Å². The molecule has 1 aromatic carbocycles. The Balaban J connectivity index is 3.19. The molecule has 0 aliphatic heterocycles. The Bertz CT molecular complexity index is 258. The van der Waals surface area contributed by atoms with E-state index in [-0.39, 0.29) is 0 Å². The van der Waals surface area contributed by atoms with Crippen LogP contribution in [0.4, 0.5) is 0 Å². The number of hydrogen-bond acceptors (Lipinski definition) is 0. The van der Waals surface area contributed by atoms with Crippen molar-refractivity contribution in [2.75, 3.05) is 0 Å². The van der Waals surface area contributed by atoms with Crippen molar-refractivity contribution in [1.29, 1.82) is 0 Å². The average Bonchev–Trinajstić information content (AvgIpc) is 2.09. The van der Waals surface area contributed by atoms with Gasteiger partial charge in [-0.1, -0.05) is 31.9 Å². The van der Waals surface area contributed by atoms with Crippen LogP contribution in [0.5, 0.6) is 0 Å². The molecule has 0 aliphatic rings. The third-order valence-electron chi connectivity index (χ3n) is 1.53. The molecule has 0 amide bonds. The molecule has 0 N–H and O–H groups in total. The van der Waals surface area contributed by atoms with Crippen molar-refractivity contribution in [2.24, 2.45) is 0 Å².